The molecule has 3 heterocycles. The van der Waals surface area contributed by atoms with Crippen molar-refractivity contribution in [3.8, 4) is 29.0 Å². The normalized spacial score (nSPS) is 10.3. The molecule has 7 heteroatoms. The Morgan fingerprint density at radius 2 is 2.35 bits per heavy atom. The lowest BCUT2D eigenvalue weighted by Crippen LogP contribution is -1.82. The molecular weight excluding hydrogens is 220 g/mol. The van der Waals surface area contributed by atoms with Gasteiger partial charge in [0.25, 0.3) is 5.89 Å². The first-order valence-corrected chi connectivity index (χ1v) is 4.80. The van der Waals surface area contributed by atoms with Crippen LogP contribution in [0.4, 0.5) is 0 Å². The van der Waals surface area contributed by atoms with Crippen LogP contribution >= 0.6 is 0 Å². The van der Waals surface area contributed by atoms with E-state index in [1.165, 1.54) is 6.20 Å². The van der Waals surface area contributed by atoms with Crippen molar-refractivity contribution in [2.75, 3.05) is 0 Å². The van der Waals surface area contributed by atoms with E-state index in [4.69, 9.17) is 9.78 Å². The minimum Gasteiger partial charge on any atom is -0.359 e. The number of hydrogen-bond acceptors (Lipinski definition) is 5. The largest absolute Gasteiger partial charge is 0.359 e. The third-order valence-corrected chi connectivity index (χ3v) is 2.25. The fourth-order valence-corrected chi connectivity index (χ4v) is 1.45. The van der Waals surface area contributed by atoms with Crippen molar-refractivity contribution in [3.05, 3.63) is 30.2 Å². The molecule has 7 nitrogen and oxygen atoms in total. The predicted octanol–water partition coefficient (Wildman–Crippen LogP) is 1.33. The van der Waals surface area contributed by atoms with E-state index in [1.807, 2.05) is 18.2 Å². The van der Waals surface area contributed by atoms with Gasteiger partial charge in [-0.1, -0.05) is 5.16 Å². The molecule has 0 radical (unpaired) electrons. The van der Waals surface area contributed by atoms with Crippen molar-refractivity contribution in [2.45, 2.75) is 0 Å². The molecule has 0 spiro atoms. The van der Waals surface area contributed by atoms with Gasteiger partial charge in [-0.3, -0.25) is 5.10 Å². The summed E-state index contributed by atoms with van der Waals surface area (Å²) in [6.07, 6.45) is 3.24. The zero-order chi connectivity index (χ0) is 11.7. The topological polar surface area (TPSA) is 107 Å². The molecule has 3 rings (SSSR count). The van der Waals surface area contributed by atoms with Crippen molar-refractivity contribution in [1.82, 2.24) is 25.3 Å². The summed E-state index contributed by atoms with van der Waals surface area (Å²) in [5.41, 5.74) is 1.55. The molecule has 0 saturated heterocycles. The van der Waals surface area contributed by atoms with E-state index in [2.05, 4.69) is 25.3 Å². The lowest BCUT2D eigenvalue weighted by Gasteiger charge is -1.86. The summed E-state index contributed by atoms with van der Waals surface area (Å²) in [6, 6.07) is 5.63. The molecule has 0 fully saturated rings. The number of nitrogens with zero attached hydrogens (tertiary/aromatic N) is 4. The van der Waals surface area contributed by atoms with Gasteiger partial charge in [-0.2, -0.15) is 15.3 Å². The van der Waals surface area contributed by atoms with Gasteiger partial charge in [0, 0.05) is 6.20 Å². The predicted molar refractivity (Wildman–Crippen MR) is 56.4 cm³/mol. The quantitative estimate of drug-likeness (QED) is 0.685. The molecule has 0 aliphatic heterocycles. The van der Waals surface area contributed by atoms with E-state index in [-0.39, 0.29) is 5.89 Å². The maximum atomic E-state index is 8.84. The zero-order valence-corrected chi connectivity index (χ0v) is 8.51. The molecule has 0 bridgehead atoms. The molecule has 0 aromatic carbocycles. The molecule has 2 N–H and O–H groups in total. The average Bonchev–Trinajstić information content (AvgIpc) is 3.09. The maximum Gasteiger partial charge on any atom is 0.262 e. The van der Waals surface area contributed by atoms with Crippen molar-refractivity contribution < 1.29 is 4.52 Å². The van der Waals surface area contributed by atoms with Crippen LogP contribution < -0.4 is 0 Å². The van der Waals surface area contributed by atoms with E-state index in [9.17, 15) is 0 Å². The van der Waals surface area contributed by atoms with Crippen LogP contribution in [0.5, 0.6) is 0 Å². The Kier molecular flexibility index (Phi) is 1.98. The van der Waals surface area contributed by atoms with Crippen LogP contribution in [-0.4, -0.2) is 25.3 Å². The van der Waals surface area contributed by atoms with Gasteiger partial charge in [0.15, 0.2) is 0 Å². The number of H-pyrrole nitrogens is 2. The molecule has 0 atom stereocenters. The van der Waals surface area contributed by atoms with Gasteiger partial charge < -0.3 is 9.51 Å². The fourth-order valence-electron chi connectivity index (χ4n) is 1.45. The molecule has 0 unspecified atom stereocenters. The van der Waals surface area contributed by atoms with Crippen LogP contribution in [0.1, 0.15) is 5.69 Å². The Morgan fingerprint density at radius 3 is 3.12 bits per heavy atom. The van der Waals surface area contributed by atoms with Gasteiger partial charge in [-0.15, -0.1) is 0 Å². The fraction of sp³-hybridized carbons (Fsp3) is 0. The second-order valence-corrected chi connectivity index (χ2v) is 3.28. The van der Waals surface area contributed by atoms with Gasteiger partial charge in [0.2, 0.25) is 5.82 Å². The second kappa shape index (κ2) is 3.61. The monoisotopic (exact) mass is 226 g/mol. The Labute approximate surface area is 95.1 Å². The van der Waals surface area contributed by atoms with Crippen molar-refractivity contribution in [1.29, 1.82) is 5.26 Å². The Morgan fingerprint density at radius 1 is 1.41 bits per heavy atom. The summed E-state index contributed by atoms with van der Waals surface area (Å²) in [6.45, 7) is 0. The van der Waals surface area contributed by atoms with E-state index < -0.39 is 0 Å². The number of rotatable bonds is 2. The lowest BCUT2D eigenvalue weighted by atomic mass is 10.2. The molecule has 0 amide bonds. The summed E-state index contributed by atoms with van der Waals surface area (Å²) in [4.78, 5) is 7.15. The number of hydrogen-bond donors (Lipinski definition) is 2. The van der Waals surface area contributed by atoms with E-state index in [0.29, 0.717) is 17.1 Å². The highest BCUT2D eigenvalue weighted by molar-refractivity contribution is 5.61. The number of nitriles is 1. The molecule has 82 valence electrons. The van der Waals surface area contributed by atoms with Crippen LogP contribution in [0.2, 0.25) is 0 Å². The third-order valence-electron chi connectivity index (χ3n) is 2.25. The Hall–Kier alpha value is -2.88. The first-order chi connectivity index (χ1) is 8.38. The first kappa shape index (κ1) is 9.35. The van der Waals surface area contributed by atoms with Gasteiger partial charge >= 0.3 is 0 Å². The lowest BCUT2D eigenvalue weighted by molar-refractivity contribution is 0.432. The van der Waals surface area contributed by atoms with E-state index in [1.54, 1.807) is 6.20 Å². The first-order valence-electron chi connectivity index (χ1n) is 4.80. The summed E-state index contributed by atoms with van der Waals surface area (Å²) < 4.78 is 5.08. The maximum absolute atomic E-state index is 8.84. The molecule has 0 aliphatic rings. The van der Waals surface area contributed by atoms with Crippen LogP contribution in [0, 0.1) is 11.3 Å². The molecule has 0 saturated carbocycles. The SMILES string of the molecule is N#Cc1[nH]ncc1-c1nc(-c2ccc[nH]2)no1. The Bertz CT molecular complexity index is 672. The van der Waals surface area contributed by atoms with Crippen LogP contribution in [-0.2, 0) is 0 Å². The van der Waals surface area contributed by atoms with E-state index in [0.717, 1.165) is 5.69 Å². The van der Waals surface area contributed by atoms with Gasteiger partial charge in [0.05, 0.1) is 17.5 Å². The average molecular weight is 226 g/mol. The highest BCUT2D eigenvalue weighted by Crippen LogP contribution is 2.22. The summed E-state index contributed by atoms with van der Waals surface area (Å²) in [7, 11) is 0. The molecular formula is C10H6N6O. The summed E-state index contributed by atoms with van der Waals surface area (Å²) in [5.74, 6) is 0.704. The Balaban J connectivity index is 2.04. The van der Waals surface area contributed by atoms with E-state index >= 15 is 0 Å². The standard InChI is InChI=1S/C10H6N6O/c11-4-8-6(5-13-15-8)10-14-9(16-17-10)7-2-1-3-12-7/h1-3,5,12H,(H,13,15). The molecule has 0 aliphatic carbocycles. The summed E-state index contributed by atoms with van der Waals surface area (Å²) >= 11 is 0. The highest BCUT2D eigenvalue weighted by atomic mass is 16.5. The third kappa shape index (κ3) is 1.48. The summed E-state index contributed by atoms with van der Waals surface area (Å²) in [5, 5.41) is 19.0. The van der Waals surface area contributed by atoms with Gasteiger partial charge in [-0.25, -0.2) is 0 Å². The second-order valence-electron chi connectivity index (χ2n) is 3.28. The van der Waals surface area contributed by atoms with Crippen LogP contribution in [0.15, 0.2) is 29.0 Å². The number of aromatic nitrogens is 5. The van der Waals surface area contributed by atoms with Crippen molar-refractivity contribution in [3.63, 3.8) is 0 Å². The van der Waals surface area contributed by atoms with Crippen molar-refractivity contribution in [2.24, 2.45) is 0 Å². The van der Waals surface area contributed by atoms with Gasteiger partial charge in [-0.05, 0) is 12.1 Å². The van der Waals surface area contributed by atoms with Crippen LogP contribution in [0.3, 0.4) is 0 Å². The van der Waals surface area contributed by atoms with Gasteiger partial charge in [0.1, 0.15) is 11.8 Å². The highest BCUT2D eigenvalue weighted by Gasteiger charge is 2.15. The number of aromatic amines is 2. The minimum atomic E-state index is 0.264. The molecule has 3 aromatic rings. The zero-order valence-electron chi connectivity index (χ0n) is 8.51. The van der Waals surface area contributed by atoms with Crippen molar-refractivity contribution >= 4 is 0 Å². The molecule has 17 heavy (non-hydrogen) atoms. The minimum absolute atomic E-state index is 0.264. The smallest absolute Gasteiger partial charge is 0.262 e. The number of nitrogens with one attached hydrogen (secondary N) is 2. The van der Waals surface area contributed by atoms with Crippen LogP contribution in [0.25, 0.3) is 23.0 Å². The molecule has 3 aromatic heterocycles.